The number of halogens is 2. The molecule has 1 aromatic carbocycles. The molecule has 0 bridgehead atoms. The Labute approximate surface area is 129 Å². The van der Waals surface area contributed by atoms with Crippen molar-refractivity contribution in [3.8, 4) is 11.3 Å². The molecule has 0 radical (unpaired) electrons. The number of anilines is 1. The Morgan fingerprint density at radius 3 is 2.30 bits per heavy atom. The molecular weight excluding hydrogens is 293 g/mol. The van der Waals surface area contributed by atoms with Gasteiger partial charge < -0.3 is 10.3 Å². The van der Waals surface area contributed by atoms with Gasteiger partial charge in [-0.3, -0.25) is 0 Å². The summed E-state index contributed by atoms with van der Waals surface area (Å²) in [4.78, 5) is 4.67. The molecule has 20 heavy (non-hydrogen) atoms. The minimum absolute atomic E-state index is 0.114. The van der Waals surface area contributed by atoms with E-state index in [1.165, 1.54) is 0 Å². The molecule has 108 valence electrons. The second-order valence-corrected chi connectivity index (χ2v) is 6.56. The lowest BCUT2D eigenvalue weighted by molar-refractivity contribution is 0.389. The monoisotopic (exact) mass is 311 g/mol. The predicted octanol–water partition coefficient (Wildman–Crippen LogP) is 4.76. The lowest BCUT2D eigenvalue weighted by Gasteiger charge is -2.24. The summed E-state index contributed by atoms with van der Waals surface area (Å²) in [6.45, 7) is 8.41. The van der Waals surface area contributed by atoms with Crippen molar-refractivity contribution < 1.29 is 0 Å². The van der Waals surface area contributed by atoms with Gasteiger partial charge in [0.05, 0.1) is 10.0 Å². The van der Waals surface area contributed by atoms with Gasteiger partial charge in [0, 0.05) is 17.5 Å². The lowest BCUT2D eigenvalue weighted by atomic mass is 10.1. The molecular formula is C15H19Cl2N3. The second kappa shape index (κ2) is 5.30. The summed E-state index contributed by atoms with van der Waals surface area (Å²) in [5, 5.41) is 1.03. The topological polar surface area (TPSA) is 43.8 Å². The van der Waals surface area contributed by atoms with E-state index in [1.807, 2.05) is 6.07 Å². The normalized spacial score (nSPS) is 11.9. The van der Waals surface area contributed by atoms with E-state index in [-0.39, 0.29) is 5.54 Å². The number of nitrogen functional groups attached to an aromatic ring is 1. The van der Waals surface area contributed by atoms with Crippen molar-refractivity contribution >= 4 is 29.0 Å². The zero-order chi connectivity index (χ0) is 15.1. The van der Waals surface area contributed by atoms with Gasteiger partial charge in [-0.2, -0.15) is 0 Å². The van der Waals surface area contributed by atoms with Gasteiger partial charge in [-0.05, 0) is 32.9 Å². The molecule has 0 unspecified atom stereocenters. The molecule has 1 heterocycles. The molecule has 3 nitrogen and oxygen atoms in total. The highest BCUT2D eigenvalue weighted by Gasteiger charge is 2.23. The number of imidazole rings is 1. The van der Waals surface area contributed by atoms with Crippen LogP contribution in [-0.4, -0.2) is 9.55 Å². The van der Waals surface area contributed by atoms with E-state index >= 15 is 0 Å². The number of hydrogen-bond acceptors (Lipinski definition) is 2. The fraction of sp³-hybridized carbons (Fsp3) is 0.400. The summed E-state index contributed by atoms with van der Waals surface area (Å²) in [5.41, 5.74) is 7.84. The summed E-state index contributed by atoms with van der Waals surface area (Å²) in [6, 6.07) is 5.45. The Bertz CT molecular complexity index is 639. The highest BCUT2D eigenvalue weighted by atomic mass is 35.5. The van der Waals surface area contributed by atoms with Gasteiger partial charge in [-0.25, -0.2) is 4.98 Å². The van der Waals surface area contributed by atoms with Gasteiger partial charge in [0.15, 0.2) is 0 Å². The molecule has 2 rings (SSSR count). The van der Waals surface area contributed by atoms with Crippen molar-refractivity contribution in [3.63, 3.8) is 0 Å². The van der Waals surface area contributed by atoms with Crippen molar-refractivity contribution in [2.45, 2.75) is 39.7 Å². The molecule has 0 spiro atoms. The minimum atomic E-state index is -0.114. The van der Waals surface area contributed by atoms with Crippen LogP contribution in [0.1, 0.15) is 33.5 Å². The van der Waals surface area contributed by atoms with Crippen LogP contribution < -0.4 is 5.73 Å². The lowest BCUT2D eigenvalue weighted by Crippen LogP contribution is -2.25. The standard InChI is InChI=1S/C15H19Cl2N3/c1-5-12-19-13(14(18)20(12)15(2,3)4)9-6-7-10(16)11(17)8-9/h6-8H,5,18H2,1-4H3. The highest BCUT2D eigenvalue weighted by Crippen LogP contribution is 2.34. The maximum Gasteiger partial charge on any atom is 0.132 e. The third-order valence-corrected chi connectivity index (χ3v) is 3.90. The molecule has 0 saturated heterocycles. The summed E-state index contributed by atoms with van der Waals surface area (Å²) < 4.78 is 2.07. The molecule has 0 fully saturated rings. The van der Waals surface area contributed by atoms with E-state index in [0.29, 0.717) is 15.9 Å². The van der Waals surface area contributed by atoms with Gasteiger partial charge in [-0.1, -0.05) is 36.2 Å². The van der Waals surface area contributed by atoms with E-state index in [1.54, 1.807) is 12.1 Å². The molecule has 0 amide bonds. The smallest absolute Gasteiger partial charge is 0.132 e. The first-order valence-corrected chi connectivity index (χ1v) is 7.34. The summed E-state index contributed by atoms with van der Waals surface area (Å²) in [5.74, 6) is 1.63. The second-order valence-electron chi connectivity index (χ2n) is 5.75. The zero-order valence-electron chi connectivity index (χ0n) is 12.2. The number of nitrogens with zero attached hydrogens (tertiary/aromatic N) is 2. The number of hydrogen-bond donors (Lipinski definition) is 1. The third-order valence-electron chi connectivity index (χ3n) is 3.16. The van der Waals surface area contributed by atoms with Gasteiger partial charge in [0.25, 0.3) is 0 Å². The number of aryl methyl sites for hydroxylation is 1. The number of aromatic nitrogens is 2. The SMILES string of the molecule is CCc1nc(-c2ccc(Cl)c(Cl)c2)c(N)n1C(C)(C)C. The molecule has 2 N–H and O–H groups in total. The van der Waals surface area contributed by atoms with Gasteiger partial charge in [0.1, 0.15) is 17.3 Å². The van der Waals surface area contributed by atoms with Gasteiger partial charge in [0.2, 0.25) is 0 Å². The quantitative estimate of drug-likeness (QED) is 0.869. The van der Waals surface area contributed by atoms with Crippen LogP contribution in [0.2, 0.25) is 10.0 Å². The maximum absolute atomic E-state index is 6.31. The van der Waals surface area contributed by atoms with Crippen molar-refractivity contribution in [1.82, 2.24) is 9.55 Å². The Balaban J connectivity index is 2.64. The zero-order valence-corrected chi connectivity index (χ0v) is 13.7. The molecule has 0 aliphatic rings. The fourth-order valence-electron chi connectivity index (χ4n) is 2.32. The first-order valence-electron chi connectivity index (χ1n) is 6.58. The molecule has 0 aliphatic carbocycles. The first-order chi connectivity index (χ1) is 9.25. The van der Waals surface area contributed by atoms with Gasteiger partial charge >= 0.3 is 0 Å². The average Bonchev–Trinajstić information content (AvgIpc) is 2.69. The Kier molecular flexibility index (Phi) is 4.03. The van der Waals surface area contributed by atoms with Crippen LogP contribution in [-0.2, 0) is 12.0 Å². The van der Waals surface area contributed by atoms with Crippen LogP contribution in [0.3, 0.4) is 0 Å². The van der Waals surface area contributed by atoms with Crippen molar-refractivity contribution in [2.24, 2.45) is 0 Å². The highest BCUT2D eigenvalue weighted by molar-refractivity contribution is 6.42. The number of benzene rings is 1. The van der Waals surface area contributed by atoms with Crippen molar-refractivity contribution in [3.05, 3.63) is 34.1 Å². The first kappa shape index (κ1) is 15.2. The van der Waals surface area contributed by atoms with E-state index < -0.39 is 0 Å². The molecule has 1 aromatic heterocycles. The maximum atomic E-state index is 6.31. The van der Waals surface area contributed by atoms with Crippen LogP contribution in [0.5, 0.6) is 0 Å². The Morgan fingerprint density at radius 2 is 1.85 bits per heavy atom. The van der Waals surface area contributed by atoms with Crippen molar-refractivity contribution in [1.29, 1.82) is 0 Å². The summed E-state index contributed by atoms with van der Waals surface area (Å²) >= 11 is 12.0. The molecule has 2 aromatic rings. The molecule has 5 heteroatoms. The largest absolute Gasteiger partial charge is 0.383 e. The van der Waals surface area contributed by atoms with E-state index in [9.17, 15) is 0 Å². The Hall–Kier alpha value is -1.19. The molecule has 0 atom stereocenters. The third kappa shape index (κ3) is 2.65. The Morgan fingerprint density at radius 1 is 1.20 bits per heavy atom. The average molecular weight is 312 g/mol. The molecule has 0 saturated carbocycles. The van der Waals surface area contributed by atoms with Crippen LogP contribution in [0.25, 0.3) is 11.3 Å². The van der Waals surface area contributed by atoms with Crippen LogP contribution in [0.4, 0.5) is 5.82 Å². The van der Waals surface area contributed by atoms with Gasteiger partial charge in [-0.15, -0.1) is 0 Å². The van der Waals surface area contributed by atoms with E-state index in [0.717, 1.165) is 23.5 Å². The van der Waals surface area contributed by atoms with E-state index in [4.69, 9.17) is 28.9 Å². The fourth-order valence-corrected chi connectivity index (χ4v) is 2.62. The van der Waals surface area contributed by atoms with E-state index in [2.05, 4.69) is 37.2 Å². The van der Waals surface area contributed by atoms with Crippen LogP contribution in [0.15, 0.2) is 18.2 Å². The van der Waals surface area contributed by atoms with Crippen LogP contribution >= 0.6 is 23.2 Å². The van der Waals surface area contributed by atoms with Crippen LogP contribution in [0, 0.1) is 0 Å². The summed E-state index contributed by atoms with van der Waals surface area (Å²) in [7, 11) is 0. The predicted molar refractivity (Wildman–Crippen MR) is 86.5 cm³/mol. The molecule has 0 aliphatic heterocycles. The number of rotatable bonds is 2. The summed E-state index contributed by atoms with van der Waals surface area (Å²) in [6.07, 6.45) is 0.822. The minimum Gasteiger partial charge on any atom is -0.383 e. The number of nitrogens with two attached hydrogens (primary N) is 1. The van der Waals surface area contributed by atoms with Crippen molar-refractivity contribution in [2.75, 3.05) is 5.73 Å².